The SMILES string of the molecule is Cc1cccc(C)c1OCCC(N)=S. The summed E-state index contributed by atoms with van der Waals surface area (Å²) in [6, 6.07) is 6.08. The van der Waals surface area contributed by atoms with Crippen LogP contribution in [0.5, 0.6) is 5.75 Å². The molecule has 0 aliphatic carbocycles. The minimum Gasteiger partial charge on any atom is -0.493 e. The largest absolute Gasteiger partial charge is 0.493 e. The Hall–Kier alpha value is -1.09. The Balaban J connectivity index is 2.62. The highest BCUT2D eigenvalue weighted by Crippen LogP contribution is 2.22. The smallest absolute Gasteiger partial charge is 0.125 e. The van der Waals surface area contributed by atoms with Gasteiger partial charge in [-0.25, -0.2) is 0 Å². The highest BCUT2D eigenvalue weighted by Gasteiger charge is 2.02. The van der Waals surface area contributed by atoms with Crippen LogP contribution in [0.4, 0.5) is 0 Å². The molecule has 76 valence electrons. The van der Waals surface area contributed by atoms with E-state index in [1.165, 1.54) is 0 Å². The van der Waals surface area contributed by atoms with Crippen LogP contribution in [0.25, 0.3) is 0 Å². The summed E-state index contributed by atoms with van der Waals surface area (Å²) in [7, 11) is 0. The third-order valence-corrected chi connectivity index (χ3v) is 2.21. The molecule has 0 saturated heterocycles. The van der Waals surface area contributed by atoms with E-state index in [-0.39, 0.29) is 0 Å². The monoisotopic (exact) mass is 209 g/mol. The van der Waals surface area contributed by atoms with Gasteiger partial charge in [-0.3, -0.25) is 0 Å². The number of thiocarbonyl (C=S) groups is 1. The van der Waals surface area contributed by atoms with Crippen LogP contribution >= 0.6 is 12.2 Å². The summed E-state index contributed by atoms with van der Waals surface area (Å²) in [6.07, 6.45) is 0.628. The van der Waals surface area contributed by atoms with Crippen molar-refractivity contribution in [2.75, 3.05) is 6.61 Å². The first-order chi connectivity index (χ1) is 6.61. The quantitative estimate of drug-likeness (QED) is 0.773. The molecule has 0 aromatic heterocycles. The van der Waals surface area contributed by atoms with Crippen LogP contribution in [0.15, 0.2) is 18.2 Å². The number of nitrogens with two attached hydrogens (primary N) is 1. The van der Waals surface area contributed by atoms with Crippen LogP contribution < -0.4 is 10.5 Å². The fourth-order valence-corrected chi connectivity index (χ4v) is 1.36. The molecular formula is C11H15NOS. The van der Waals surface area contributed by atoms with Crippen LogP contribution in [0.2, 0.25) is 0 Å². The number of rotatable bonds is 4. The highest BCUT2D eigenvalue weighted by molar-refractivity contribution is 7.80. The van der Waals surface area contributed by atoms with Crippen molar-refractivity contribution in [3.05, 3.63) is 29.3 Å². The molecule has 2 nitrogen and oxygen atoms in total. The molecule has 0 amide bonds. The zero-order valence-electron chi connectivity index (χ0n) is 8.54. The Labute approximate surface area is 90.1 Å². The van der Waals surface area contributed by atoms with Crippen molar-refractivity contribution < 1.29 is 4.74 Å². The van der Waals surface area contributed by atoms with E-state index in [2.05, 4.69) is 0 Å². The zero-order chi connectivity index (χ0) is 10.6. The Kier molecular flexibility index (Phi) is 3.89. The molecular weight excluding hydrogens is 194 g/mol. The molecule has 1 aromatic rings. The predicted octanol–water partition coefficient (Wildman–Crippen LogP) is 2.36. The Bertz CT molecular complexity index is 316. The van der Waals surface area contributed by atoms with Gasteiger partial charge in [0.25, 0.3) is 0 Å². The number of hydrogen-bond donors (Lipinski definition) is 1. The molecule has 14 heavy (non-hydrogen) atoms. The van der Waals surface area contributed by atoms with Crippen LogP contribution in [0.1, 0.15) is 17.5 Å². The molecule has 0 saturated carbocycles. The number of ether oxygens (including phenoxy) is 1. The summed E-state index contributed by atoms with van der Waals surface area (Å²) >= 11 is 4.77. The molecule has 2 N–H and O–H groups in total. The third kappa shape index (κ3) is 3.00. The van der Waals surface area contributed by atoms with Crippen molar-refractivity contribution in [3.63, 3.8) is 0 Å². The molecule has 0 atom stereocenters. The van der Waals surface area contributed by atoms with E-state index in [1.807, 2.05) is 32.0 Å². The minimum absolute atomic E-state index is 0.497. The second kappa shape index (κ2) is 4.96. The average molecular weight is 209 g/mol. The van der Waals surface area contributed by atoms with Crippen molar-refractivity contribution in [3.8, 4) is 5.75 Å². The maximum atomic E-state index is 5.61. The lowest BCUT2D eigenvalue weighted by atomic mass is 10.1. The van der Waals surface area contributed by atoms with E-state index in [0.29, 0.717) is 18.0 Å². The van der Waals surface area contributed by atoms with E-state index < -0.39 is 0 Å². The number of hydrogen-bond acceptors (Lipinski definition) is 2. The highest BCUT2D eigenvalue weighted by atomic mass is 32.1. The van der Waals surface area contributed by atoms with Gasteiger partial charge in [-0.15, -0.1) is 0 Å². The van der Waals surface area contributed by atoms with Crippen molar-refractivity contribution in [1.82, 2.24) is 0 Å². The molecule has 0 aliphatic heterocycles. The lowest BCUT2D eigenvalue weighted by Gasteiger charge is -2.11. The van der Waals surface area contributed by atoms with Crippen LogP contribution in [-0.2, 0) is 0 Å². The van der Waals surface area contributed by atoms with Gasteiger partial charge in [0.1, 0.15) is 5.75 Å². The topological polar surface area (TPSA) is 35.2 Å². The van der Waals surface area contributed by atoms with Gasteiger partial charge in [0.05, 0.1) is 11.6 Å². The molecule has 0 unspecified atom stereocenters. The van der Waals surface area contributed by atoms with Crippen molar-refractivity contribution in [2.45, 2.75) is 20.3 Å². The van der Waals surface area contributed by atoms with E-state index in [0.717, 1.165) is 16.9 Å². The van der Waals surface area contributed by atoms with Crippen molar-refractivity contribution in [1.29, 1.82) is 0 Å². The Morgan fingerprint density at radius 2 is 1.93 bits per heavy atom. The fourth-order valence-electron chi connectivity index (χ4n) is 1.28. The molecule has 0 fully saturated rings. The van der Waals surface area contributed by atoms with Gasteiger partial charge >= 0.3 is 0 Å². The lowest BCUT2D eigenvalue weighted by molar-refractivity contribution is 0.325. The molecule has 0 heterocycles. The van der Waals surface area contributed by atoms with E-state index >= 15 is 0 Å². The molecule has 3 heteroatoms. The van der Waals surface area contributed by atoms with Gasteiger partial charge < -0.3 is 10.5 Å². The average Bonchev–Trinajstić information content (AvgIpc) is 2.09. The molecule has 0 spiro atoms. The fraction of sp³-hybridized carbons (Fsp3) is 0.364. The van der Waals surface area contributed by atoms with Gasteiger partial charge in [0, 0.05) is 6.42 Å². The summed E-state index contributed by atoms with van der Waals surface area (Å²) in [5.41, 5.74) is 7.68. The summed E-state index contributed by atoms with van der Waals surface area (Å²) < 4.78 is 5.61. The Morgan fingerprint density at radius 3 is 2.43 bits per heavy atom. The second-order valence-electron chi connectivity index (χ2n) is 3.29. The molecule has 0 radical (unpaired) electrons. The van der Waals surface area contributed by atoms with E-state index in [4.69, 9.17) is 22.7 Å². The minimum atomic E-state index is 0.497. The van der Waals surface area contributed by atoms with Gasteiger partial charge in [-0.05, 0) is 25.0 Å². The zero-order valence-corrected chi connectivity index (χ0v) is 9.36. The van der Waals surface area contributed by atoms with Gasteiger partial charge in [0.15, 0.2) is 0 Å². The molecule has 1 aromatic carbocycles. The standard InChI is InChI=1S/C11H15NOS/c1-8-4-3-5-9(2)11(8)13-7-6-10(12)14/h3-5H,6-7H2,1-2H3,(H2,12,14). The first kappa shape index (κ1) is 11.0. The first-order valence-corrected chi connectivity index (χ1v) is 4.99. The Morgan fingerprint density at radius 1 is 1.36 bits per heavy atom. The van der Waals surface area contributed by atoms with E-state index in [1.54, 1.807) is 0 Å². The molecule has 1 rings (SSSR count). The number of benzene rings is 1. The normalized spacial score (nSPS) is 9.86. The summed E-state index contributed by atoms with van der Waals surface area (Å²) in [4.78, 5) is 0.497. The predicted molar refractivity (Wildman–Crippen MR) is 62.8 cm³/mol. The van der Waals surface area contributed by atoms with E-state index in [9.17, 15) is 0 Å². The third-order valence-electron chi connectivity index (χ3n) is 2.00. The summed E-state index contributed by atoms with van der Waals surface area (Å²) in [6.45, 7) is 4.62. The van der Waals surface area contributed by atoms with Crippen LogP contribution in [-0.4, -0.2) is 11.6 Å². The first-order valence-electron chi connectivity index (χ1n) is 4.58. The number of aryl methyl sites for hydroxylation is 2. The maximum absolute atomic E-state index is 5.61. The van der Waals surface area contributed by atoms with Crippen LogP contribution in [0, 0.1) is 13.8 Å². The van der Waals surface area contributed by atoms with Crippen molar-refractivity contribution in [2.24, 2.45) is 5.73 Å². The second-order valence-corrected chi connectivity index (χ2v) is 3.81. The maximum Gasteiger partial charge on any atom is 0.125 e. The number of para-hydroxylation sites is 1. The molecule has 0 bridgehead atoms. The summed E-state index contributed by atoms with van der Waals surface area (Å²) in [5, 5.41) is 0. The lowest BCUT2D eigenvalue weighted by Crippen LogP contribution is -2.13. The van der Waals surface area contributed by atoms with Crippen LogP contribution in [0.3, 0.4) is 0 Å². The van der Waals surface area contributed by atoms with Gasteiger partial charge in [-0.2, -0.15) is 0 Å². The van der Waals surface area contributed by atoms with Gasteiger partial charge in [0.2, 0.25) is 0 Å². The van der Waals surface area contributed by atoms with Gasteiger partial charge in [-0.1, -0.05) is 30.4 Å². The summed E-state index contributed by atoms with van der Waals surface area (Å²) in [5.74, 6) is 0.948. The molecule has 0 aliphatic rings. The van der Waals surface area contributed by atoms with Crippen molar-refractivity contribution >= 4 is 17.2 Å².